The summed E-state index contributed by atoms with van der Waals surface area (Å²) in [4.78, 5) is 6.60. The molecule has 1 aliphatic rings. The summed E-state index contributed by atoms with van der Waals surface area (Å²) in [5.74, 6) is 0.928. The zero-order valence-corrected chi connectivity index (χ0v) is 10.2. The summed E-state index contributed by atoms with van der Waals surface area (Å²) in [6.07, 6.45) is 3.75. The molecule has 15 heavy (non-hydrogen) atoms. The van der Waals surface area contributed by atoms with Crippen molar-refractivity contribution in [2.24, 2.45) is 4.99 Å². The Morgan fingerprint density at radius 2 is 2.27 bits per heavy atom. The van der Waals surface area contributed by atoms with Gasteiger partial charge in [0, 0.05) is 26.2 Å². The van der Waals surface area contributed by atoms with E-state index in [1.165, 1.54) is 19.4 Å². The summed E-state index contributed by atoms with van der Waals surface area (Å²) in [6, 6.07) is 0.671. The van der Waals surface area contributed by atoms with Crippen LogP contribution in [0.1, 0.15) is 26.2 Å². The van der Waals surface area contributed by atoms with E-state index in [1.807, 2.05) is 7.05 Å². The summed E-state index contributed by atoms with van der Waals surface area (Å²) >= 11 is 0. The summed E-state index contributed by atoms with van der Waals surface area (Å²) in [7, 11) is 4.02. The zero-order valence-electron chi connectivity index (χ0n) is 10.2. The highest BCUT2D eigenvalue weighted by Gasteiger charge is 2.20. The number of nitrogens with one attached hydrogen (secondary N) is 2. The molecule has 2 N–H and O–H groups in total. The van der Waals surface area contributed by atoms with Crippen LogP contribution in [0, 0.1) is 0 Å². The Kier molecular flexibility index (Phi) is 5.47. The summed E-state index contributed by atoms with van der Waals surface area (Å²) in [5.41, 5.74) is 0. The first-order valence-electron chi connectivity index (χ1n) is 5.92. The standard InChI is InChI=1S/C11H24N4/c1-4-7-13-11(12-2)14-9-10-6-5-8-15(10)3/h10H,4-9H2,1-3H3,(H2,12,13,14). The molecule has 0 aromatic heterocycles. The molecule has 1 saturated heterocycles. The third kappa shape index (κ3) is 4.08. The molecule has 0 aromatic carbocycles. The van der Waals surface area contributed by atoms with Gasteiger partial charge in [0.2, 0.25) is 0 Å². The smallest absolute Gasteiger partial charge is 0.191 e. The van der Waals surface area contributed by atoms with E-state index in [2.05, 4.69) is 34.5 Å². The molecule has 0 saturated carbocycles. The van der Waals surface area contributed by atoms with E-state index in [1.54, 1.807) is 0 Å². The fraction of sp³-hybridized carbons (Fsp3) is 0.909. The molecule has 1 atom stereocenters. The van der Waals surface area contributed by atoms with Gasteiger partial charge in [-0.05, 0) is 32.9 Å². The van der Waals surface area contributed by atoms with E-state index in [0.29, 0.717) is 6.04 Å². The summed E-state index contributed by atoms with van der Waals surface area (Å²) in [6.45, 7) is 5.37. The van der Waals surface area contributed by atoms with Crippen LogP contribution in [-0.4, -0.2) is 50.6 Å². The molecule has 1 aliphatic heterocycles. The number of rotatable bonds is 4. The molecule has 0 bridgehead atoms. The lowest BCUT2D eigenvalue weighted by atomic mass is 10.2. The van der Waals surface area contributed by atoms with Gasteiger partial charge in [-0.3, -0.25) is 4.99 Å². The van der Waals surface area contributed by atoms with Gasteiger partial charge in [-0.2, -0.15) is 0 Å². The minimum Gasteiger partial charge on any atom is -0.356 e. The lowest BCUT2D eigenvalue weighted by molar-refractivity contribution is 0.309. The average Bonchev–Trinajstić information content (AvgIpc) is 2.65. The molecule has 1 heterocycles. The van der Waals surface area contributed by atoms with Crippen molar-refractivity contribution in [3.05, 3.63) is 0 Å². The van der Waals surface area contributed by atoms with Gasteiger partial charge in [-0.25, -0.2) is 0 Å². The van der Waals surface area contributed by atoms with Gasteiger partial charge in [0.1, 0.15) is 0 Å². The molecule has 88 valence electrons. The predicted molar refractivity (Wildman–Crippen MR) is 65.3 cm³/mol. The number of guanidine groups is 1. The third-order valence-electron chi connectivity index (χ3n) is 2.94. The van der Waals surface area contributed by atoms with Crippen LogP contribution < -0.4 is 10.6 Å². The minimum atomic E-state index is 0.671. The van der Waals surface area contributed by atoms with Crippen molar-refractivity contribution in [2.75, 3.05) is 33.7 Å². The Bertz CT molecular complexity index is 203. The van der Waals surface area contributed by atoms with E-state index >= 15 is 0 Å². The predicted octanol–water partition coefficient (Wildman–Crippen LogP) is 0.656. The highest BCUT2D eigenvalue weighted by molar-refractivity contribution is 5.79. The number of nitrogens with zero attached hydrogens (tertiary/aromatic N) is 2. The average molecular weight is 212 g/mol. The second-order valence-corrected chi connectivity index (χ2v) is 4.16. The maximum atomic E-state index is 4.19. The third-order valence-corrected chi connectivity index (χ3v) is 2.94. The van der Waals surface area contributed by atoms with Crippen molar-refractivity contribution >= 4 is 5.96 Å². The first-order valence-corrected chi connectivity index (χ1v) is 5.92. The van der Waals surface area contributed by atoms with Crippen LogP contribution in [0.25, 0.3) is 0 Å². The van der Waals surface area contributed by atoms with Gasteiger partial charge in [0.15, 0.2) is 5.96 Å². The van der Waals surface area contributed by atoms with Crippen LogP contribution in [0.4, 0.5) is 0 Å². The Hall–Kier alpha value is -0.770. The number of aliphatic imine (C=N–C) groups is 1. The van der Waals surface area contributed by atoms with Gasteiger partial charge >= 0.3 is 0 Å². The molecule has 0 radical (unpaired) electrons. The SMILES string of the molecule is CCCNC(=NC)NCC1CCCN1C. The maximum Gasteiger partial charge on any atom is 0.191 e. The largest absolute Gasteiger partial charge is 0.356 e. The van der Waals surface area contributed by atoms with Gasteiger partial charge in [-0.15, -0.1) is 0 Å². The van der Waals surface area contributed by atoms with E-state index < -0.39 is 0 Å². The number of hydrogen-bond donors (Lipinski definition) is 2. The Morgan fingerprint density at radius 3 is 2.80 bits per heavy atom. The highest BCUT2D eigenvalue weighted by atomic mass is 15.2. The normalized spacial score (nSPS) is 23.1. The zero-order chi connectivity index (χ0) is 11.1. The van der Waals surface area contributed by atoms with Gasteiger partial charge in [-0.1, -0.05) is 6.92 Å². The molecular formula is C11H24N4. The molecular weight excluding hydrogens is 188 g/mol. The molecule has 4 nitrogen and oxygen atoms in total. The second-order valence-electron chi connectivity index (χ2n) is 4.16. The fourth-order valence-corrected chi connectivity index (χ4v) is 1.92. The molecule has 4 heteroatoms. The molecule has 0 amide bonds. The first-order chi connectivity index (χ1) is 7.27. The molecule has 1 rings (SSSR count). The molecule has 0 spiro atoms. The van der Waals surface area contributed by atoms with Crippen LogP contribution in [0.3, 0.4) is 0 Å². The second kappa shape index (κ2) is 6.67. The Balaban J connectivity index is 2.22. The maximum absolute atomic E-state index is 4.19. The van der Waals surface area contributed by atoms with Crippen LogP contribution in [-0.2, 0) is 0 Å². The Labute approximate surface area is 93.1 Å². The van der Waals surface area contributed by atoms with Gasteiger partial charge in [0.05, 0.1) is 0 Å². The first kappa shape index (κ1) is 12.3. The van der Waals surface area contributed by atoms with Crippen molar-refractivity contribution < 1.29 is 0 Å². The van der Waals surface area contributed by atoms with E-state index in [9.17, 15) is 0 Å². The van der Waals surface area contributed by atoms with Crippen molar-refractivity contribution in [3.63, 3.8) is 0 Å². The van der Waals surface area contributed by atoms with Crippen molar-refractivity contribution in [1.29, 1.82) is 0 Å². The summed E-state index contributed by atoms with van der Waals surface area (Å²) in [5, 5.41) is 6.65. The fourth-order valence-electron chi connectivity index (χ4n) is 1.92. The van der Waals surface area contributed by atoms with Crippen LogP contribution in [0.5, 0.6) is 0 Å². The van der Waals surface area contributed by atoms with Gasteiger partial charge < -0.3 is 15.5 Å². The van der Waals surface area contributed by atoms with Crippen molar-refractivity contribution in [3.8, 4) is 0 Å². The number of likely N-dealkylation sites (tertiary alicyclic amines) is 1. The minimum absolute atomic E-state index is 0.671. The monoisotopic (exact) mass is 212 g/mol. The molecule has 1 fully saturated rings. The van der Waals surface area contributed by atoms with Crippen molar-refractivity contribution in [1.82, 2.24) is 15.5 Å². The Morgan fingerprint density at radius 1 is 1.47 bits per heavy atom. The lowest BCUT2D eigenvalue weighted by Gasteiger charge is -2.21. The molecule has 0 aliphatic carbocycles. The quantitative estimate of drug-likeness (QED) is 0.531. The number of likely N-dealkylation sites (N-methyl/N-ethyl adjacent to an activating group) is 1. The van der Waals surface area contributed by atoms with E-state index in [4.69, 9.17) is 0 Å². The number of hydrogen-bond acceptors (Lipinski definition) is 2. The van der Waals surface area contributed by atoms with Crippen LogP contribution in [0.2, 0.25) is 0 Å². The van der Waals surface area contributed by atoms with E-state index in [0.717, 1.165) is 25.5 Å². The van der Waals surface area contributed by atoms with Crippen LogP contribution in [0.15, 0.2) is 4.99 Å². The topological polar surface area (TPSA) is 39.7 Å². The lowest BCUT2D eigenvalue weighted by Crippen LogP contribution is -2.44. The van der Waals surface area contributed by atoms with Crippen molar-refractivity contribution in [2.45, 2.75) is 32.2 Å². The summed E-state index contributed by atoms with van der Waals surface area (Å²) < 4.78 is 0. The molecule has 0 aromatic rings. The van der Waals surface area contributed by atoms with E-state index in [-0.39, 0.29) is 0 Å². The highest BCUT2D eigenvalue weighted by Crippen LogP contribution is 2.13. The molecule has 1 unspecified atom stereocenters. The van der Waals surface area contributed by atoms with Crippen LogP contribution >= 0.6 is 0 Å². The van der Waals surface area contributed by atoms with Gasteiger partial charge in [0.25, 0.3) is 0 Å².